The number of aliphatic hydroxyl groups excluding tert-OH is 1. The Morgan fingerprint density at radius 3 is 2.37 bits per heavy atom. The molecule has 2 N–H and O–H groups in total. The first-order valence-corrected chi connectivity index (χ1v) is 12.0. The number of aliphatic hydroxyl groups is 1. The number of benzene rings is 3. The maximum absolute atomic E-state index is 11.6. The molecule has 0 bridgehead atoms. The molecule has 0 spiro atoms. The van der Waals surface area contributed by atoms with E-state index in [-0.39, 0.29) is 30.6 Å². The Morgan fingerprint density at radius 1 is 0.943 bits per heavy atom. The summed E-state index contributed by atoms with van der Waals surface area (Å²) in [4.78, 5) is 13.8. The smallest absolute Gasteiger partial charge is 0.221 e. The van der Waals surface area contributed by atoms with E-state index < -0.39 is 6.29 Å². The number of likely N-dealkylation sites (N-methyl/N-ethyl adjacent to an activating group) is 1. The first kappa shape index (κ1) is 25.1. The van der Waals surface area contributed by atoms with Gasteiger partial charge in [0.05, 0.1) is 18.8 Å². The third-order valence-electron chi connectivity index (χ3n) is 6.39. The van der Waals surface area contributed by atoms with Crippen molar-refractivity contribution in [2.24, 2.45) is 5.92 Å². The summed E-state index contributed by atoms with van der Waals surface area (Å²) < 4.78 is 13.1. The van der Waals surface area contributed by atoms with Crippen molar-refractivity contribution >= 4 is 11.6 Å². The molecule has 3 aromatic carbocycles. The number of carbonyl (C=O) groups is 1. The molecule has 35 heavy (non-hydrogen) atoms. The van der Waals surface area contributed by atoms with E-state index in [0.29, 0.717) is 5.69 Å². The third-order valence-corrected chi connectivity index (χ3v) is 6.39. The lowest BCUT2D eigenvalue weighted by Gasteiger charge is -2.42. The molecule has 0 aliphatic carbocycles. The molecule has 1 aliphatic heterocycles. The number of amides is 1. The Morgan fingerprint density at radius 2 is 1.69 bits per heavy atom. The van der Waals surface area contributed by atoms with E-state index in [1.807, 2.05) is 54.6 Å². The second-order valence-corrected chi connectivity index (χ2v) is 9.31. The molecule has 3 aromatic rings. The first-order chi connectivity index (χ1) is 16.9. The SMILES string of the molecule is CC(=O)Nc1cccc([C@@H]2O[C@H](CN(C)Cc3ccccc3)[C@H](C)[C@H](c3ccc(CO)cc3)O2)c1. The monoisotopic (exact) mass is 474 g/mol. The average molecular weight is 475 g/mol. The molecule has 6 nitrogen and oxygen atoms in total. The molecule has 0 unspecified atom stereocenters. The van der Waals surface area contributed by atoms with E-state index in [0.717, 1.165) is 29.8 Å². The van der Waals surface area contributed by atoms with E-state index in [1.54, 1.807) is 0 Å². The zero-order chi connectivity index (χ0) is 24.8. The minimum Gasteiger partial charge on any atom is -0.392 e. The zero-order valence-corrected chi connectivity index (χ0v) is 20.6. The molecule has 0 saturated carbocycles. The van der Waals surface area contributed by atoms with Crippen LogP contribution in [0, 0.1) is 5.92 Å². The van der Waals surface area contributed by atoms with E-state index in [1.165, 1.54) is 12.5 Å². The summed E-state index contributed by atoms with van der Waals surface area (Å²) >= 11 is 0. The van der Waals surface area contributed by atoms with Crippen molar-refractivity contribution in [3.05, 3.63) is 101 Å². The largest absolute Gasteiger partial charge is 0.392 e. The van der Waals surface area contributed by atoms with Crippen LogP contribution in [0.1, 0.15) is 48.5 Å². The minimum absolute atomic E-state index is 0.00986. The van der Waals surface area contributed by atoms with Crippen LogP contribution in [-0.2, 0) is 27.4 Å². The van der Waals surface area contributed by atoms with Gasteiger partial charge < -0.3 is 19.9 Å². The fourth-order valence-electron chi connectivity index (χ4n) is 4.56. The highest BCUT2D eigenvalue weighted by molar-refractivity contribution is 5.88. The minimum atomic E-state index is -0.572. The third kappa shape index (κ3) is 6.55. The number of ether oxygens (including phenoxy) is 2. The van der Waals surface area contributed by atoms with Crippen LogP contribution in [-0.4, -0.2) is 35.6 Å². The Kier molecular flexibility index (Phi) is 8.31. The van der Waals surface area contributed by atoms with Crippen molar-refractivity contribution in [3.63, 3.8) is 0 Å². The van der Waals surface area contributed by atoms with Gasteiger partial charge in [0.2, 0.25) is 5.91 Å². The highest BCUT2D eigenvalue weighted by Crippen LogP contribution is 2.42. The number of rotatable bonds is 8. The van der Waals surface area contributed by atoms with Crippen LogP contribution in [0.25, 0.3) is 0 Å². The number of nitrogens with zero attached hydrogens (tertiary/aromatic N) is 1. The second-order valence-electron chi connectivity index (χ2n) is 9.31. The lowest BCUT2D eigenvalue weighted by Crippen LogP contribution is -2.43. The first-order valence-electron chi connectivity index (χ1n) is 12.0. The Balaban J connectivity index is 1.58. The van der Waals surface area contributed by atoms with Gasteiger partial charge in [-0.1, -0.05) is 73.7 Å². The van der Waals surface area contributed by atoms with E-state index in [2.05, 4.69) is 48.5 Å². The van der Waals surface area contributed by atoms with Crippen LogP contribution in [0.15, 0.2) is 78.9 Å². The lowest BCUT2D eigenvalue weighted by atomic mass is 9.90. The summed E-state index contributed by atoms with van der Waals surface area (Å²) in [5.74, 6) is -0.0218. The maximum Gasteiger partial charge on any atom is 0.221 e. The van der Waals surface area contributed by atoms with Crippen molar-refractivity contribution in [1.82, 2.24) is 4.90 Å². The Labute approximate surface area is 207 Å². The molecule has 1 fully saturated rings. The standard InChI is InChI=1S/C29H34N2O4/c1-20-27(18-31(3)17-22-8-5-4-6-9-22)34-29(25-10-7-11-26(16-25)30-21(2)33)35-28(20)24-14-12-23(19-32)13-15-24/h4-16,20,27-29,32H,17-19H2,1-3H3,(H,30,33)/t20-,27+,28+,29+/m0/s1. The van der Waals surface area contributed by atoms with Crippen molar-refractivity contribution < 1.29 is 19.4 Å². The lowest BCUT2D eigenvalue weighted by molar-refractivity contribution is -0.276. The topological polar surface area (TPSA) is 71.0 Å². The molecule has 0 aromatic heterocycles. The van der Waals surface area contributed by atoms with Crippen LogP contribution in [0.2, 0.25) is 0 Å². The van der Waals surface area contributed by atoms with Crippen molar-refractivity contribution in [3.8, 4) is 0 Å². The molecule has 6 heteroatoms. The number of hydrogen-bond donors (Lipinski definition) is 2. The van der Waals surface area contributed by atoms with Crippen molar-refractivity contribution in [2.45, 2.75) is 45.5 Å². The molecule has 1 heterocycles. The average Bonchev–Trinajstić information content (AvgIpc) is 2.86. The number of anilines is 1. The van der Waals surface area contributed by atoms with E-state index >= 15 is 0 Å². The number of nitrogens with one attached hydrogen (secondary N) is 1. The molecular formula is C29H34N2O4. The summed E-state index contributed by atoms with van der Waals surface area (Å²) in [7, 11) is 2.11. The van der Waals surface area contributed by atoms with Gasteiger partial charge in [-0.25, -0.2) is 0 Å². The van der Waals surface area contributed by atoms with Crippen LogP contribution in [0.4, 0.5) is 5.69 Å². The normalized spacial score (nSPS) is 22.2. The summed E-state index contributed by atoms with van der Waals surface area (Å²) in [6.45, 7) is 5.23. The van der Waals surface area contributed by atoms with Crippen molar-refractivity contribution in [2.75, 3.05) is 18.9 Å². The molecule has 4 rings (SSSR count). The van der Waals surface area contributed by atoms with Gasteiger partial charge in [-0.05, 0) is 35.9 Å². The fraction of sp³-hybridized carbons (Fsp3) is 0.345. The Hall–Kier alpha value is -3.03. The van der Waals surface area contributed by atoms with E-state index in [4.69, 9.17) is 9.47 Å². The zero-order valence-electron chi connectivity index (χ0n) is 20.6. The van der Waals surface area contributed by atoms with Crippen LogP contribution in [0.3, 0.4) is 0 Å². The second kappa shape index (κ2) is 11.6. The molecule has 1 amide bonds. The van der Waals surface area contributed by atoms with Gasteiger partial charge in [0, 0.05) is 37.2 Å². The van der Waals surface area contributed by atoms with Gasteiger partial charge in [0.15, 0.2) is 6.29 Å². The summed E-state index contributed by atoms with van der Waals surface area (Å²) in [5.41, 5.74) is 4.74. The van der Waals surface area contributed by atoms with Crippen LogP contribution >= 0.6 is 0 Å². The quantitative estimate of drug-likeness (QED) is 0.478. The molecule has 184 valence electrons. The molecule has 0 radical (unpaired) electrons. The Bertz CT molecular complexity index is 1100. The van der Waals surface area contributed by atoms with Gasteiger partial charge in [-0.3, -0.25) is 9.69 Å². The fourth-order valence-corrected chi connectivity index (χ4v) is 4.56. The van der Waals surface area contributed by atoms with Gasteiger partial charge >= 0.3 is 0 Å². The van der Waals surface area contributed by atoms with Crippen LogP contribution in [0.5, 0.6) is 0 Å². The highest BCUT2D eigenvalue weighted by Gasteiger charge is 2.38. The van der Waals surface area contributed by atoms with Crippen LogP contribution < -0.4 is 5.32 Å². The highest BCUT2D eigenvalue weighted by atomic mass is 16.7. The summed E-state index contributed by atoms with van der Waals surface area (Å²) in [5, 5.41) is 12.3. The summed E-state index contributed by atoms with van der Waals surface area (Å²) in [6.07, 6.45) is -0.826. The van der Waals surface area contributed by atoms with Crippen molar-refractivity contribution in [1.29, 1.82) is 0 Å². The molecule has 4 atom stereocenters. The predicted molar refractivity (Wildman–Crippen MR) is 136 cm³/mol. The predicted octanol–water partition coefficient (Wildman–Crippen LogP) is 5.06. The molecular weight excluding hydrogens is 440 g/mol. The number of carbonyl (C=O) groups excluding carboxylic acids is 1. The molecule has 1 aliphatic rings. The molecule has 1 saturated heterocycles. The van der Waals surface area contributed by atoms with Gasteiger partial charge in [-0.2, -0.15) is 0 Å². The van der Waals surface area contributed by atoms with Gasteiger partial charge in [0.1, 0.15) is 0 Å². The van der Waals surface area contributed by atoms with Gasteiger partial charge in [0.25, 0.3) is 0 Å². The maximum atomic E-state index is 11.6. The number of hydrogen-bond acceptors (Lipinski definition) is 5. The van der Waals surface area contributed by atoms with E-state index in [9.17, 15) is 9.90 Å². The summed E-state index contributed by atoms with van der Waals surface area (Å²) in [6, 6.07) is 25.9. The van der Waals surface area contributed by atoms with Gasteiger partial charge in [-0.15, -0.1) is 0 Å².